The molecule has 2 aromatic carbocycles. The van der Waals surface area contributed by atoms with E-state index in [-0.39, 0.29) is 0 Å². The van der Waals surface area contributed by atoms with Crippen molar-refractivity contribution in [1.82, 2.24) is 0 Å². The summed E-state index contributed by atoms with van der Waals surface area (Å²) in [4.78, 5) is 8.02. The van der Waals surface area contributed by atoms with Crippen LogP contribution >= 0.6 is 0 Å². The van der Waals surface area contributed by atoms with Gasteiger partial charge in [0.2, 0.25) is 12.4 Å². The topological polar surface area (TPSA) is 72.3 Å². The standard InChI is InChI=1S/C18H12N4/c1-2-12-7-8-15-16(9-12)18(22-11-20)14-6-4-3-5-13(14)17(15)21-10-19/h3-9H,2H2,1H3. The van der Waals surface area contributed by atoms with E-state index >= 15 is 0 Å². The van der Waals surface area contributed by atoms with Crippen molar-refractivity contribution in [3.8, 4) is 12.4 Å². The van der Waals surface area contributed by atoms with Gasteiger partial charge in [0.1, 0.15) is 0 Å². The van der Waals surface area contributed by atoms with Crippen molar-refractivity contribution in [2.24, 2.45) is 9.98 Å². The van der Waals surface area contributed by atoms with E-state index in [4.69, 9.17) is 10.5 Å². The van der Waals surface area contributed by atoms with Crippen LogP contribution in [0.5, 0.6) is 0 Å². The lowest BCUT2D eigenvalue weighted by atomic mass is 9.82. The van der Waals surface area contributed by atoms with E-state index in [0.717, 1.165) is 34.2 Å². The van der Waals surface area contributed by atoms with E-state index in [1.165, 1.54) is 0 Å². The molecule has 3 rings (SSSR count). The Morgan fingerprint density at radius 1 is 0.818 bits per heavy atom. The molecule has 0 spiro atoms. The summed E-state index contributed by atoms with van der Waals surface area (Å²) in [6.45, 7) is 2.07. The lowest BCUT2D eigenvalue weighted by molar-refractivity contribution is 1.14. The Balaban J connectivity index is 2.39. The quantitative estimate of drug-likeness (QED) is 0.644. The summed E-state index contributed by atoms with van der Waals surface area (Å²) in [5, 5.41) is 18.1. The first-order chi connectivity index (χ1) is 10.8. The molecule has 0 fully saturated rings. The molecule has 4 nitrogen and oxygen atoms in total. The minimum atomic E-state index is 0.632. The molecule has 104 valence electrons. The second-order valence-corrected chi connectivity index (χ2v) is 4.90. The van der Waals surface area contributed by atoms with Crippen LogP contribution in [0.25, 0.3) is 0 Å². The highest BCUT2D eigenvalue weighted by Crippen LogP contribution is 2.29. The van der Waals surface area contributed by atoms with Crippen molar-refractivity contribution < 1.29 is 0 Å². The average Bonchev–Trinajstić information content (AvgIpc) is 2.57. The molecule has 0 saturated heterocycles. The van der Waals surface area contributed by atoms with Gasteiger partial charge >= 0.3 is 0 Å². The Morgan fingerprint density at radius 3 is 1.91 bits per heavy atom. The molecule has 0 radical (unpaired) electrons. The largest absolute Gasteiger partial charge is 0.206 e. The predicted octanol–water partition coefficient (Wildman–Crippen LogP) is 3.20. The molecular formula is C18H12N4. The maximum Gasteiger partial charge on any atom is 0.206 e. The van der Waals surface area contributed by atoms with Crippen LogP contribution in [0.1, 0.15) is 34.7 Å². The van der Waals surface area contributed by atoms with Gasteiger partial charge in [0.15, 0.2) is 0 Å². The van der Waals surface area contributed by atoms with Crippen molar-refractivity contribution in [2.45, 2.75) is 13.3 Å². The zero-order chi connectivity index (χ0) is 15.5. The van der Waals surface area contributed by atoms with Gasteiger partial charge in [-0.15, -0.1) is 0 Å². The number of hydrogen-bond acceptors (Lipinski definition) is 4. The molecule has 2 aromatic rings. The highest BCUT2D eigenvalue weighted by molar-refractivity contribution is 6.32. The van der Waals surface area contributed by atoms with Crippen molar-refractivity contribution >= 4 is 11.4 Å². The van der Waals surface area contributed by atoms with Gasteiger partial charge in [-0.05, 0) is 18.1 Å². The fraction of sp³-hybridized carbons (Fsp3) is 0.111. The van der Waals surface area contributed by atoms with Crippen molar-refractivity contribution in [2.75, 3.05) is 0 Å². The molecule has 0 aliphatic heterocycles. The Labute approximate surface area is 128 Å². The van der Waals surface area contributed by atoms with Crippen LogP contribution in [0.4, 0.5) is 0 Å². The third-order valence-corrected chi connectivity index (χ3v) is 3.76. The molecule has 0 bridgehead atoms. The summed E-state index contributed by atoms with van der Waals surface area (Å²) in [6, 6.07) is 13.6. The van der Waals surface area contributed by atoms with Gasteiger partial charge in [0.25, 0.3) is 0 Å². The number of nitriles is 2. The highest BCUT2D eigenvalue weighted by Gasteiger charge is 2.26. The first-order valence-electron chi connectivity index (χ1n) is 6.97. The van der Waals surface area contributed by atoms with Crippen LogP contribution in [0, 0.1) is 22.9 Å². The molecule has 0 atom stereocenters. The third kappa shape index (κ3) is 2.08. The van der Waals surface area contributed by atoms with Crippen molar-refractivity contribution in [3.05, 3.63) is 70.3 Å². The molecule has 0 N–H and O–H groups in total. The predicted molar refractivity (Wildman–Crippen MR) is 84.8 cm³/mol. The fourth-order valence-electron chi connectivity index (χ4n) is 2.74. The van der Waals surface area contributed by atoms with Crippen molar-refractivity contribution in [3.63, 3.8) is 0 Å². The Morgan fingerprint density at radius 2 is 1.36 bits per heavy atom. The lowest BCUT2D eigenvalue weighted by Gasteiger charge is -2.22. The SMILES string of the molecule is CCc1ccc2c(c1)C(=NC#N)c1ccccc1C2=NC#N. The minimum Gasteiger partial charge on any atom is -0.172 e. The first-order valence-corrected chi connectivity index (χ1v) is 6.97. The number of fused-ring (bicyclic) bond motifs is 2. The zero-order valence-electron chi connectivity index (χ0n) is 12.0. The molecule has 0 heterocycles. The number of benzene rings is 2. The molecule has 0 saturated carbocycles. The number of hydrogen-bond donors (Lipinski definition) is 0. The van der Waals surface area contributed by atoms with Crippen LogP contribution in [0.3, 0.4) is 0 Å². The molecule has 0 aromatic heterocycles. The molecule has 1 aliphatic carbocycles. The molecule has 0 amide bonds. The van der Waals surface area contributed by atoms with Gasteiger partial charge in [-0.1, -0.05) is 43.3 Å². The summed E-state index contributed by atoms with van der Waals surface area (Å²) in [5.41, 5.74) is 5.78. The second kappa shape index (κ2) is 5.63. The van der Waals surface area contributed by atoms with Crippen LogP contribution in [0.15, 0.2) is 52.4 Å². The average molecular weight is 284 g/mol. The Kier molecular flexibility index (Phi) is 3.52. The van der Waals surface area contributed by atoms with Gasteiger partial charge in [-0.2, -0.15) is 20.5 Å². The van der Waals surface area contributed by atoms with E-state index < -0.39 is 0 Å². The van der Waals surface area contributed by atoms with Gasteiger partial charge < -0.3 is 0 Å². The molecule has 22 heavy (non-hydrogen) atoms. The zero-order valence-corrected chi connectivity index (χ0v) is 12.0. The normalized spacial score (nSPS) is 15.8. The summed E-state index contributed by atoms with van der Waals surface area (Å²) < 4.78 is 0. The van der Waals surface area contributed by atoms with Crippen LogP contribution < -0.4 is 0 Å². The van der Waals surface area contributed by atoms with E-state index in [9.17, 15) is 0 Å². The fourth-order valence-corrected chi connectivity index (χ4v) is 2.74. The van der Waals surface area contributed by atoms with E-state index in [1.807, 2.05) is 54.9 Å². The smallest absolute Gasteiger partial charge is 0.172 e. The Hall–Kier alpha value is -3.24. The summed E-state index contributed by atoms with van der Waals surface area (Å²) in [6.07, 6.45) is 4.65. The van der Waals surface area contributed by atoms with Crippen LogP contribution in [0.2, 0.25) is 0 Å². The Bertz CT molecular complexity index is 892. The van der Waals surface area contributed by atoms with Crippen LogP contribution in [-0.2, 0) is 6.42 Å². The third-order valence-electron chi connectivity index (χ3n) is 3.76. The van der Waals surface area contributed by atoms with E-state index in [2.05, 4.69) is 16.9 Å². The lowest BCUT2D eigenvalue weighted by Crippen LogP contribution is -2.22. The highest BCUT2D eigenvalue weighted by atomic mass is 14.8. The van der Waals surface area contributed by atoms with Gasteiger partial charge in [0, 0.05) is 22.3 Å². The van der Waals surface area contributed by atoms with E-state index in [0.29, 0.717) is 11.4 Å². The van der Waals surface area contributed by atoms with Gasteiger partial charge in [0.05, 0.1) is 11.4 Å². The summed E-state index contributed by atoms with van der Waals surface area (Å²) in [5.74, 6) is 0. The molecule has 0 unspecified atom stereocenters. The first kappa shape index (κ1) is 13.7. The second-order valence-electron chi connectivity index (χ2n) is 4.90. The van der Waals surface area contributed by atoms with Crippen molar-refractivity contribution in [1.29, 1.82) is 10.5 Å². The van der Waals surface area contributed by atoms with Crippen LogP contribution in [-0.4, -0.2) is 11.4 Å². The van der Waals surface area contributed by atoms with E-state index in [1.54, 1.807) is 0 Å². The molecular weight excluding hydrogens is 272 g/mol. The number of rotatable bonds is 1. The minimum absolute atomic E-state index is 0.632. The number of aliphatic imine (C=N–C) groups is 2. The maximum atomic E-state index is 9.05. The summed E-state index contributed by atoms with van der Waals surface area (Å²) >= 11 is 0. The number of aryl methyl sites for hydroxylation is 1. The molecule has 1 aliphatic rings. The monoisotopic (exact) mass is 284 g/mol. The maximum absolute atomic E-state index is 9.05. The van der Waals surface area contributed by atoms with Gasteiger partial charge in [-0.25, -0.2) is 0 Å². The molecule has 4 heteroatoms. The summed E-state index contributed by atoms with van der Waals surface area (Å²) in [7, 11) is 0. The van der Waals surface area contributed by atoms with Gasteiger partial charge in [-0.3, -0.25) is 0 Å². The number of nitrogens with zero attached hydrogens (tertiary/aromatic N) is 4.